The van der Waals surface area contributed by atoms with Crippen LogP contribution in [0.1, 0.15) is 22.5 Å². The summed E-state index contributed by atoms with van der Waals surface area (Å²) in [6, 6.07) is 8.60. The molecule has 0 bridgehead atoms. The van der Waals surface area contributed by atoms with Crippen LogP contribution in [-0.4, -0.2) is 4.57 Å². The molecule has 0 radical (unpaired) electrons. The molecule has 0 saturated carbocycles. The molecule has 0 atom stereocenters. The predicted molar refractivity (Wildman–Crippen MR) is 81.1 cm³/mol. The Morgan fingerprint density at radius 1 is 1.17 bits per heavy atom. The van der Waals surface area contributed by atoms with E-state index in [4.69, 9.17) is 0 Å². The number of aromatic nitrogens is 1. The van der Waals surface area contributed by atoms with E-state index in [1.54, 1.807) is 0 Å². The summed E-state index contributed by atoms with van der Waals surface area (Å²) in [5, 5.41) is 3.47. The number of hydrogen-bond acceptors (Lipinski definition) is 1. The minimum atomic E-state index is 0.864. The van der Waals surface area contributed by atoms with Crippen molar-refractivity contribution in [3.05, 3.63) is 51.3 Å². The number of rotatable bonds is 3. The Labute approximate surface area is 117 Å². The number of nitrogens with zero attached hydrogens (tertiary/aromatic N) is 1. The van der Waals surface area contributed by atoms with Crippen LogP contribution in [-0.2, 0) is 13.6 Å². The predicted octanol–water partition coefficient (Wildman–Crippen LogP) is 4.32. The molecule has 1 aromatic carbocycles. The topological polar surface area (TPSA) is 17.0 Å². The molecule has 2 rings (SSSR count). The summed E-state index contributed by atoms with van der Waals surface area (Å²) < 4.78 is 3.37. The highest BCUT2D eigenvalue weighted by atomic mass is 79.9. The number of benzene rings is 1. The first-order valence-corrected chi connectivity index (χ1v) is 6.90. The largest absolute Gasteiger partial charge is 0.381 e. The van der Waals surface area contributed by atoms with Crippen molar-refractivity contribution in [2.24, 2.45) is 7.05 Å². The lowest BCUT2D eigenvalue weighted by molar-refractivity contribution is 0.837. The first kappa shape index (κ1) is 13.2. The van der Waals surface area contributed by atoms with Crippen molar-refractivity contribution in [1.82, 2.24) is 4.57 Å². The van der Waals surface area contributed by atoms with E-state index >= 15 is 0 Å². The van der Waals surface area contributed by atoms with E-state index in [1.807, 2.05) is 0 Å². The van der Waals surface area contributed by atoms with Gasteiger partial charge in [-0.3, -0.25) is 0 Å². The molecule has 1 heterocycles. The van der Waals surface area contributed by atoms with Crippen LogP contribution in [0.15, 0.2) is 28.7 Å². The van der Waals surface area contributed by atoms with Crippen LogP contribution in [0.5, 0.6) is 0 Å². The van der Waals surface area contributed by atoms with Gasteiger partial charge in [-0.25, -0.2) is 0 Å². The summed E-state index contributed by atoms with van der Waals surface area (Å²) in [6.45, 7) is 7.26. The van der Waals surface area contributed by atoms with Gasteiger partial charge in [-0.2, -0.15) is 0 Å². The van der Waals surface area contributed by atoms with E-state index in [9.17, 15) is 0 Å². The Morgan fingerprint density at radius 3 is 2.44 bits per heavy atom. The van der Waals surface area contributed by atoms with Gasteiger partial charge in [-0.15, -0.1) is 0 Å². The minimum Gasteiger partial charge on any atom is -0.381 e. The van der Waals surface area contributed by atoms with Crippen LogP contribution in [0.2, 0.25) is 0 Å². The fourth-order valence-electron chi connectivity index (χ4n) is 2.01. The van der Waals surface area contributed by atoms with Crippen LogP contribution >= 0.6 is 15.9 Å². The number of halogens is 1. The molecule has 0 aliphatic rings. The zero-order valence-electron chi connectivity index (χ0n) is 11.3. The van der Waals surface area contributed by atoms with E-state index in [-0.39, 0.29) is 0 Å². The SMILES string of the molecule is Cc1ccc(NCc2cc(C)n(C)c2C)cc1Br. The summed E-state index contributed by atoms with van der Waals surface area (Å²) in [6.07, 6.45) is 0. The van der Waals surface area contributed by atoms with Crippen molar-refractivity contribution in [3.8, 4) is 0 Å². The summed E-state index contributed by atoms with van der Waals surface area (Å²) >= 11 is 3.56. The van der Waals surface area contributed by atoms with Crippen molar-refractivity contribution in [2.75, 3.05) is 5.32 Å². The van der Waals surface area contributed by atoms with E-state index in [2.05, 4.69) is 77.9 Å². The maximum Gasteiger partial charge on any atom is 0.0418 e. The molecule has 3 heteroatoms. The van der Waals surface area contributed by atoms with Crippen molar-refractivity contribution < 1.29 is 0 Å². The van der Waals surface area contributed by atoms with Gasteiger partial charge in [0.25, 0.3) is 0 Å². The molecule has 1 aromatic heterocycles. The van der Waals surface area contributed by atoms with Crippen molar-refractivity contribution in [1.29, 1.82) is 0 Å². The Balaban J connectivity index is 2.11. The normalized spacial score (nSPS) is 10.7. The molecule has 0 amide bonds. The third kappa shape index (κ3) is 2.61. The van der Waals surface area contributed by atoms with Gasteiger partial charge in [0.15, 0.2) is 0 Å². The highest BCUT2D eigenvalue weighted by molar-refractivity contribution is 9.10. The highest BCUT2D eigenvalue weighted by Crippen LogP contribution is 2.22. The van der Waals surface area contributed by atoms with Gasteiger partial charge in [-0.1, -0.05) is 22.0 Å². The van der Waals surface area contributed by atoms with E-state index in [1.165, 1.54) is 22.5 Å². The van der Waals surface area contributed by atoms with Crippen LogP contribution in [0.25, 0.3) is 0 Å². The monoisotopic (exact) mass is 306 g/mol. The maximum atomic E-state index is 3.56. The third-order valence-electron chi connectivity index (χ3n) is 3.53. The molecule has 96 valence electrons. The molecular formula is C15H19BrN2. The third-order valence-corrected chi connectivity index (χ3v) is 4.39. The molecule has 1 N–H and O–H groups in total. The molecule has 0 fully saturated rings. The van der Waals surface area contributed by atoms with Gasteiger partial charge in [0.2, 0.25) is 0 Å². The van der Waals surface area contributed by atoms with Gasteiger partial charge >= 0.3 is 0 Å². The first-order valence-electron chi connectivity index (χ1n) is 6.11. The average Bonchev–Trinajstić information content (AvgIpc) is 2.58. The fraction of sp³-hybridized carbons (Fsp3) is 0.333. The first-order chi connectivity index (χ1) is 8.49. The summed E-state index contributed by atoms with van der Waals surface area (Å²) in [7, 11) is 2.11. The highest BCUT2D eigenvalue weighted by Gasteiger charge is 2.05. The smallest absolute Gasteiger partial charge is 0.0418 e. The maximum absolute atomic E-state index is 3.56. The number of anilines is 1. The van der Waals surface area contributed by atoms with Crippen LogP contribution < -0.4 is 5.32 Å². The Kier molecular flexibility index (Phi) is 3.81. The molecule has 2 aromatic rings. The summed E-state index contributed by atoms with van der Waals surface area (Å²) in [5.74, 6) is 0. The van der Waals surface area contributed by atoms with Crippen molar-refractivity contribution in [2.45, 2.75) is 27.3 Å². The van der Waals surface area contributed by atoms with Crippen LogP contribution in [0.3, 0.4) is 0 Å². The second-order valence-corrected chi connectivity index (χ2v) is 5.63. The second-order valence-electron chi connectivity index (χ2n) is 4.77. The zero-order chi connectivity index (χ0) is 13.3. The minimum absolute atomic E-state index is 0.864. The molecule has 0 saturated heterocycles. The fourth-order valence-corrected chi connectivity index (χ4v) is 2.39. The summed E-state index contributed by atoms with van der Waals surface area (Å²) in [5.41, 5.74) is 6.38. The molecular weight excluding hydrogens is 288 g/mol. The number of aryl methyl sites for hydroxylation is 2. The Morgan fingerprint density at radius 2 is 1.89 bits per heavy atom. The van der Waals surface area contributed by atoms with Gasteiger partial charge in [0, 0.05) is 35.1 Å². The lowest BCUT2D eigenvalue weighted by Crippen LogP contribution is -2.01. The van der Waals surface area contributed by atoms with E-state index < -0.39 is 0 Å². The van der Waals surface area contributed by atoms with Gasteiger partial charge < -0.3 is 9.88 Å². The van der Waals surface area contributed by atoms with Crippen LogP contribution in [0, 0.1) is 20.8 Å². The van der Waals surface area contributed by atoms with E-state index in [0.29, 0.717) is 0 Å². The molecule has 0 spiro atoms. The van der Waals surface area contributed by atoms with Crippen molar-refractivity contribution >= 4 is 21.6 Å². The molecule has 0 aliphatic heterocycles. The van der Waals surface area contributed by atoms with E-state index in [0.717, 1.165) is 16.7 Å². The van der Waals surface area contributed by atoms with Gasteiger partial charge in [0.1, 0.15) is 0 Å². The Hall–Kier alpha value is -1.22. The lowest BCUT2D eigenvalue weighted by Gasteiger charge is -2.08. The standard InChI is InChI=1S/C15H19BrN2/c1-10-5-6-14(8-15(10)16)17-9-13-7-11(2)18(4)12(13)3/h5-8,17H,9H2,1-4H3. The Bertz CT molecular complexity index is 570. The number of nitrogens with one attached hydrogen (secondary N) is 1. The lowest BCUT2D eigenvalue weighted by atomic mass is 10.2. The van der Waals surface area contributed by atoms with Crippen molar-refractivity contribution in [3.63, 3.8) is 0 Å². The molecule has 18 heavy (non-hydrogen) atoms. The average molecular weight is 307 g/mol. The molecule has 2 nitrogen and oxygen atoms in total. The second kappa shape index (κ2) is 5.19. The molecule has 0 aliphatic carbocycles. The molecule has 0 unspecified atom stereocenters. The zero-order valence-corrected chi connectivity index (χ0v) is 12.9. The van der Waals surface area contributed by atoms with Gasteiger partial charge in [0.05, 0.1) is 0 Å². The summed E-state index contributed by atoms with van der Waals surface area (Å²) in [4.78, 5) is 0. The number of hydrogen-bond donors (Lipinski definition) is 1. The van der Waals surface area contributed by atoms with Gasteiger partial charge in [-0.05, 0) is 50.1 Å². The quantitative estimate of drug-likeness (QED) is 0.893. The van der Waals surface area contributed by atoms with Crippen LogP contribution in [0.4, 0.5) is 5.69 Å².